The van der Waals surface area contributed by atoms with Crippen LogP contribution in [-0.2, 0) is 9.63 Å². The fraction of sp³-hybridized carbons (Fsp3) is 0.630. The number of benzene rings is 1. The van der Waals surface area contributed by atoms with Gasteiger partial charge in [-0.2, -0.15) is 0 Å². The Bertz CT molecular complexity index is 1140. The van der Waals surface area contributed by atoms with Crippen LogP contribution in [0.15, 0.2) is 34.2 Å². The van der Waals surface area contributed by atoms with Crippen LogP contribution in [0.25, 0.3) is 11.0 Å². The SMILES string of the molecule is CO/N=C(\CCC(=O)O)c1nc2ccccc2n(C2CCN([C@H]3C[C@@H]4CCC[C@@H](C4)C3)CC2)c1=O. The van der Waals surface area contributed by atoms with E-state index >= 15 is 0 Å². The Morgan fingerprint density at radius 3 is 2.46 bits per heavy atom. The first-order chi connectivity index (χ1) is 17.0. The summed E-state index contributed by atoms with van der Waals surface area (Å²) in [5, 5.41) is 13.1. The zero-order valence-electron chi connectivity index (χ0n) is 20.6. The number of fused-ring (bicyclic) bond motifs is 3. The van der Waals surface area contributed by atoms with Crippen molar-refractivity contribution in [1.82, 2.24) is 14.5 Å². The van der Waals surface area contributed by atoms with Gasteiger partial charge in [0.2, 0.25) is 0 Å². The number of nitrogens with zero attached hydrogens (tertiary/aromatic N) is 4. The van der Waals surface area contributed by atoms with E-state index < -0.39 is 5.97 Å². The van der Waals surface area contributed by atoms with Crippen LogP contribution in [0.1, 0.15) is 75.9 Å². The number of para-hydroxylation sites is 2. The van der Waals surface area contributed by atoms with Gasteiger partial charge < -0.3 is 19.4 Å². The molecule has 0 unspecified atom stereocenters. The number of hydrogen-bond donors (Lipinski definition) is 1. The average Bonchev–Trinajstić information content (AvgIpc) is 2.86. The lowest BCUT2D eigenvalue weighted by molar-refractivity contribution is -0.136. The molecule has 1 N–H and O–H groups in total. The minimum Gasteiger partial charge on any atom is -0.481 e. The standard InChI is InChI=1S/C27H36N4O4/c1-35-29-23(9-10-25(32)33)26-27(34)31(24-8-3-2-7-22(24)28-26)20-11-13-30(14-12-20)21-16-18-5-4-6-19(15-18)17-21/h2-3,7-8,18-21H,4-6,9-17H2,1H3,(H,32,33)/b29-23+/t18-,19+,21+. The highest BCUT2D eigenvalue weighted by Crippen LogP contribution is 2.42. The molecular formula is C27H36N4O4. The van der Waals surface area contributed by atoms with E-state index in [9.17, 15) is 9.59 Å². The van der Waals surface area contributed by atoms with Crippen LogP contribution in [0.3, 0.4) is 0 Å². The number of carboxylic acids is 1. The number of piperidine rings is 1. The van der Waals surface area contributed by atoms with E-state index in [1.807, 2.05) is 28.8 Å². The maximum atomic E-state index is 13.8. The Labute approximate surface area is 206 Å². The summed E-state index contributed by atoms with van der Waals surface area (Å²) in [5.41, 5.74) is 1.79. The van der Waals surface area contributed by atoms with Crippen LogP contribution in [0, 0.1) is 11.8 Å². The van der Waals surface area contributed by atoms with E-state index in [0.29, 0.717) is 11.6 Å². The van der Waals surface area contributed by atoms with Crippen molar-refractivity contribution >= 4 is 22.7 Å². The molecule has 35 heavy (non-hydrogen) atoms. The van der Waals surface area contributed by atoms with Crippen molar-refractivity contribution in [2.24, 2.45) is 17.0 Å². The fourth-order valence-corrected chi connectivity index (χ4v) is 6.75. The third-order valence-corrected chi connectivity index (χ3v) is 8.33. The molecule has 2 heterocycles. The van der Waals surface area contributed by atoms with Gasteiger partial charge in [-0.25, -0.2) is 4.98 Å². The number of carboxylic acid groups (broad SMARTS) is 1. The molecule has 1 aromatic carbocycles. The highest BCUT2D eigenvalue weighted by atomic mass is 16.6. The molecule has 0 spiro atoms. The first-order valence-corrected chi connectivity index (χ1v) is 13.1. The summed E-state index contributed by atoms with van der Waals surface area (Å²) in [4.78, 5) is 37.2. The van der Waals surface area contributed by atoms with Crippen molar-refractivity contribution in [2.75, 3.05) is 20.2 Å². The van der Waals surface area contributed by atoms with Crippen LogP contribution in [0.4, 0.5) is 0 Å². The first-order valence-electron chi connectivity index (χ1n) is 13.1. The van der Waals surface area contributed by atoms with Crippen LogP contribution in [-0.4, -0.2) is 57.5 Å². The Hall–Kier alpha value is -2.74. The number of likely N-dealkylation sites (tertiary alicyclic amines) is 1. The summed E-state index contributed by atoms with van der Waals surface area (Å²) < 4.78 is 1.89. The summed E-state index contributed by atoms with van der Waals surface area (Å²) in [6.07, 6.45) is 10.1. The molecule has 0 amide bonds. The second-order valence-electron chi connectivity index (χ2n) is 10.5. The fourth-order valence-electron chi connectivity index (χ4n) is 6.75. The van der Waals surface area contributed by atoms with Gasteiger partial charge in [-0.15, -0.1) is 0 Å². The van der Waals surface area contributed by atoms with Crippen LogP contribution in [0.5, 0.6) is 0 Å². The molecule has 3 atom stereocenters. The first kappa shape index (κ1) is 24.0. The lowest BCUT2D eigenvalue weighted by Gasteiger charge is -2.46. The van der Waals surface area contributed by atoms with Crippen molar-refractivity contribution in [3.05, 3.63) is 40.3 Å². The molecule has 1 saturated heterocycles. The molecule has 3 aliphatic rings. The zero-order valence-corrected chi connectivity index (χ0v) is 20.6. The normalized spacial score (nSPS) is 26.1. The number of oxime groups is 1. The number of aliphatic carboxylic acids is 1. The average molecular weight is 481 g/mol. The molecule has 8 heteroatoms. The van der Waals surface area contributed by atoms with Gasteiger partial charge in [0.1, 0.15) is 12.8 Å². The topological polar surface area (TPSA) is 97.0 Å². The molecule has 2 aromatic rings. The molecule has 3 fully saturated rings. The van der Waals surface area contributed by atoms with E-state index in [0.717, 1.165) is 43.3 Å². The van der Waals surface area contributed by atoms with Gasteiger partial charge in [0, 0.05) is 31.6 Å². The van der Waals surface area contributed by atoms with Crippen molar-refractivity contribution in [1.29, 1.82) is 0 Å². The smallest absolute Gasteiger partial charge is 0.303 e. The number of carbonyl (C=O) groups is 1. The molecule has 188 valence electrons. The zero-order chi connectivity index (χ0) is 24.4. The molecule has 2 saturated carbocycles. The Balaban J connectivity index is 1.41. The minimum absolute atomic E-state index is 0.0803. The van der Waals surface area contributed by atoms with Crippen LogP contribution in [0.2, 0.25) is 0 Å². The maximum Gasteiger partial charge on any atom is 0.303 e. The summed E-state index contributed by atoms with van der Waals surface area (Å²) in [6.45, 7) is 2.01. The summed E-state index contributed by atoms with van der Waals surface area (Å²) in [5.74, 6) is 0.863. The molecule has 5 rings (SSSR count). The third-order valence-electron chi connectivity index (χ3n) is 8.33. The number of hydrogen-bond acceptors (Lipinski definition) is 6. The third kappa shape index (κ3) is 5.13. The maximum absolute atomic E-state index is 13.8. The van der Waals surface area contributed by atoms with Crippen LogP contribution < -0.4 is 5.56 Å². The van der Waals surface area contributed by atoms with E-state index in [-0.39, 0.29) is 35.8 Å². The second kappa shape index (κ2) is 10.5. The predicted octanol–water partition coefficient (Wildman–Crippen LogP) is 4.22. The van der Waals surface area contributed by atoms with Gasteiger partial charge in [-0.1, -0.05) is 36.6 Å². The molecule has 8 nitrogen and oxygen atoms in total. The summed E-state index contributed by atoms with van der Waals surface area (Å²) >= 11 is 0. The van der Waals surface area contributed by atoms with E-state index in [4.69, 9.17) is 9.94 Å². The second-order valence-corrected chi connectivity index (χ2v) is 10.5. The van der Waals surface area contributed by atoms with E-state index in [1.54, 1.807) is 0 Å². The highest BCUT2D eigenvalue weighted by molar-refractivity contribution is 6.00. The van der Waals surface area contributed by atoms with Gasteiger partial charge >= 0.3 is 5.97 Å². The van der Waals surface area contributed by atoms with Gasteiger partial charge in [-0.05, 0) is 56.1 Å². The van der Waals surface area contributed by atoms with Crippen molar-refractivity contribution in [2.45, 2.75) is 76.3 Å². The highest BCUT2D eigenvalue weighted by Gasteiger charge is 2.36. The summed E-state index contributed by atoms with van der Waals surface area (Å²) in [7, 11) is 1.40. The lowest BCUT2D eigenvalue weighted by atomic mass is 9.70. The van der Waals surface area contributed by atoms with E-state index in [1.165, 1.54) is 45.6 Å². The molecule has 0 radical (unpaired) electrons. The van der Waals surface area contributed by atoms with Gasteiger partial charge in [0.05, 0.1) is 17.5 Å². The van der Waals surface area contributed by atoms with Crippen molar-refractivity contribution in [3.8, 4) is 0 Å². The largest absolute Gasteiger partial charge is 0.481 e. The molecule has 2 aliphatic carbocycles. The van der Waals surface area contributed by atoms with Gasteiger partial charge in [0.15, 0.2) is 5.69 Å². The van der Waals surface area contributed by atoms with Crippen LogP contribution >= 0.6 is 0 Å². The molecule has 2 bridgehead atoms. The van der Waals surface area contributed by atoms with Crippen molar-refractivity contribution < 1.29 is 14.7 Å². The minimum atomic E-state index is -0.950. The summed E-state index contributed by atoms with van der Waals surface area (Å²) in [6, 6.07) is 8.46. The number of aromatic nitrogens is 2. The quantitative estimate of drug-likeness (QED) is 0.471. The molecule has 1 aromatic heterocycles. The van der Waals surface area contributed by atoms with Crippen molar-refractivity contribution in [3.63, 3.8) is 0 Å². The predicted molar refractivity (Wildman–Crippen MR) is 135 cm³/mol. The molecular weight excluding hydrogens is 444 g/mol. The van der Waals surface area contributed by atoms with Gasteiger partial charge in [0.25, 0.3) is 5.56 Å². The lowest BCUT2D eigenvalue weighted by Crippen LogP contribution is -2.47. The van der Waals surface area contributed by atoms with Gasteiger partial charge in [-0.3, -0.25) is 9.59 Å². The number of rotatable bonds is 7. The Morgan fingerprint density at radius 1 is 1.06 bits per heavy atom. The Kier molecular flexibility index (Phi) is 7.18. The molecule has 1 aliphatic heterocycles. The Morgan fingerprint density at radius 2 is 1.77 bits per heavy atom. The monoisotopic (exact) mass is 480 g/mol. The van der Waals surface area contributed by atoms with E-state index in [2.05, 4.69) is 15.0 Å².